The third kappa shape index (κ3) is 6.32. The summed E-state index contributed by atoms with van der Waals surface area (Å²) in [5.41, 5.74) is 1.95. The average Bonchev–Trinajstić information content (AvgIpc) is 2.79. The van der Waals surface area contributed by atoms with Crippen LogP contribution in [0, 0.1) is 6.92 Å². The lowest BCUT2D eigenvalue weighted by Gasteiger charge is -2.12. The third-order valence-electron chi connectivity index (χ3n) is 4.64. The van der Waals surface area contributed by atoms with Crippen LogP contribution in [0.5, 0.6) is 17.2 Å². The summed E-state index contributed by atoms with van der Waals surface area (Å²) in [5.74, 6) is 1.69. The van der Waals surface area contributed by atoms with Gasteiger partial charge in [-0.15, -0.1) is 0 Å². The molecule has 0 aliphatic carbocycles. The van der Waals surface area contributed by atoms with Gasteiger partial charge in [0.2, 0.25) is 10.0 Å². The molecule has 0 radical (unpaired) electrons. The Morgan fingerprint density at radius 2 is 1.38 bits per heavy atom. The summed E-state index contributed by atoms with van der Waals surface area (Å²) in [6.45, 7) is 2.15. The highest BCUT2D eigenvalue weighted by atomic mass is 32.2. The van der Waals surface area contributed by atoms with E-state index in [9.17, 15) is 13.2 Å². The molecule has 0 aliphatic rings. The molecule has 8 heteroatoms. The number of carbonyl (C=O) groups is 1. The number of amides is 1. The monoisotopic (exact) mass is 454 g/mol. The molecule has 3 aromatic carbocycles. The normalized spacial score (nSPS) is 11.2. The molecule has 32 heavy (non-hydrogen) atoms. The molecule has 168 valence electrons. The lowest BCUT2D eigenvalue weighted by Crippen LogP contribution is -2.28. The van der Waals surface area contributed by atoms with Gasteiger partial charge < -0.3 is 14.8 Å². The first-order valence-corrected chi connectivity index (χ1v) is 11.4. The zero-order valence-corrected chi connectivity index (χ0v) is 19.1. The summed E-state index contributed by atoms with van der Waals surface area (Å²) in [6, 6.07) is 21.2. The highest BCUT2D eigenvalue weighted by molar-refractivity contribution is 7.89. The van der Waals surface area contributed by atoms with Gasteiger partial charge in [0.05, 0.1) is 4.90 Å². The van der Waals surface area contributed by atoms with Crippen LogP contribution in [0.1, 0.15) is 11.1 Å². The molecule has 7 nitrogen and oxygen atoms in total. The molecule has 3 rings (SSSR count). The van der Waals surface area contributed by atoms with Crippen molar-refractivity contribution in [3.63, 3.8) is 0 Å². The Morgan fingerprint density at radius 1 is 0.844 bits per heavy atom. The second-order valence-corrected chi connectivity index (χ2v) is 9.54. The molecule has 0 spiro atoms. The van der Waals surface area contributed by atoms with Crippen molar-refractivity contribution >= 4 is 15.9 Å². The van der Waals surface area contributed by atoms with Gasteiger partial charge in [0, 0.05) is 20.6 Å². The van der Waals surface area contributed by atoms with Crippen LogP contribution in [0.15, 0.2) is 77.7 Å². The number of nitrogens with zero attached hydrogens (tertiary/aromatic N) is 1. The van der Waals surface area contributed by atoms with Crippen molar-refractivity contribution < 1.29 is 22.7 Å². The van der Waals surface area contributed by atoms with Crippen molar-refractivity contribution in [2.45, 2.75) is 18.4 Å². The first-order valence-electron chi connectivity index (χ1n) is 9.99. The molecule has 0 aromatic heterocycles. The molecule has 1 amide bonds. The summed E-state index contributed by atoms with van der Waals surface area (Å²) in [5, 5.41) is 2.75. The molecule has 0 saturated carbocycles. The maximum absolute atomic E-state index is 12.1. The fourth-order valence-electron chi connectivity index (χ4n) is 2.74. The van der Waals surface area contributed by atoms with Crippen molar-refractivity contribution in [2.75, 3.05) is 20.7 Å². The standard InChI is InChI=1S/C24H26N2O5S/c1-18-4-8-21(9-5-18)31-22-12-10-20(11-13-22)30-17-24(27)25-16-19-6-14-23(15-7-19)32(28,29)26(2)3/h4-15H,16-17H2,1-3H3,(H,25,27). The van der Waals surface area contributed by atoms with Gasteiger partial charge in [-0.1, -0.05) is 29.8 Å². The quantitative estimate of drug-likeness (QED) is 0.533. The van der Waals surface area contributed by atoms with Gasteiger partial charge in [-0.25, -0.2) is 12.7 Å². The van der Waals surface area contributed by atoms with Crippen LogP contribution in [-0.2, 0) is 21.4 Å². The minimum absolute atomic E-state index is 0.134. The molecule has 0 unspecified atom stereocenters. The minimum Gasteiger partial charge on any atom is -0.484 e. The van der Waals surface area contributed by atoms with Gasteiger partial charge in [0.15, 0.2) is 6.61 Å². The Kier molecular flexibility index (Phi) is 7.50. The van der Waals surface area contributed by atoms with Crippen LogP contribution in [0.25, 0.3) is 0 Å². The molecule has 0 atom stereocenters. The Labute approximate surface area is 188 Å². The van der Waals surface area contributed by atoms with Gasteiger partial charge in [-0.2, -0.15) is 0 Å². The van der Waals surface area contributed by atoms with E-state index in [1.54, 1.807) is 36.4 Å². The number of carbonyl (C=O) groups excluding carboxylic acids is 1. The summed E-state index contributed by atoms with van der Waals surface area (Å²) in [4.78, 5) is 12.3. The number of aryl methyl sites for hydroxylation is 1. The Bertz CT molecular complexity index is 1140. The van der Waals surface area contributed by atoms with Crippen LogP contribution in [0.4, 0.5) is 0 Å². The number of sulfonamides is 1. The van der Waals surface area contributed by atoms with E-state index in [4.69, 9.17) is 9.47 Å². The average molecular weight is 455 g/mol. The number of nitrogens with one attached hydrogen (secondary N) is 1. The molecule has 0 bridgehead atoms. The molecule has 3 aromatic rings. The van der Waals surface area contributed by atoms with Crippen LogP contribution >= 0.6 is 0 Å². The van der Waals surface area contributed by atoms with Crippen LogP contribution in [0.2, 0.25) is 0 Å². The Balaban J connectivity index is 1.45. The molecule has 0 fully saturated rings. The van der Waals surface area contributed by atoms with Crippen LogP contribution in [0.3, 0.4) is 0 Å². The fraction of sp³-hybridized carbons (Fsp3) is 0.208. The number of hydrogen-bond donors (Lipinski definition) is 1. The Morgan fingerprint density at radius 3 is 1.94 bits per heavy atom. The largest absolute Gasteiger partial charge is 0.484 e. The first-order chi connectivity index (χ1) is 15.2. The van der Waals surface area contributed by atoms with E-state index in [0.29, 0.717) is 11.5 Å². The topological polar surface area (TPSA) is 84.9 Å². The highest BCUT2D eigenvalue weighted by Gasteiger charge is 2.16. The maximum Gasteiger partial charge on any atom is 0.258 e. The summed E-state index contributed by atoms with van der Waals surface area (Å²) >= 11 is 0. The van der Waals surface area contributed by atoms with E-state index in [-0.39, 0.29) is 24.0 Å². The summed E-state index contributed by atoms with van der Waals surface area (Å²) in [6.07, 6.45) is 0. The van der Waals surface area contributed by atoms with Gasteiger partial charge in [-0.3, -0.25) is 4.79 Å². The molecule has 0 saturated heterocycles. The van der Waals surface area contributed by atoms with E-state index in [1.807, 2.05) is 31.2 Å². The number of rotatable bonds is 9. The first kappa shape index (κ1) is 23.3. The van der Waals surface area contributed by atoms with Crippen molar-refractivity contribution in [3.8, 4) is 17.2 Å². The predicted molar refractivity (Wildman–Crippen MR) is 122 cm³/mol. The summed E-state index contributed by atoms with van der Waals surface area (Å²) in [7, 11) is -0.509. The predicted octanol–water partition coefficient (Wildman–Crippen LogP) is 3.73. The Hall–Kier alpha value is -3.36. The van der Waals surface area contributed by atoms with Crippen LogP contribution < -0.4 is 14.8 Å². The number of benzene rings is 3. The molecule has 0 heterocycles. The van der Waals surface area contributed by atoms with Gasteiger partial charge in [-0.05, 0) is 61.0 Å². The van der Waals surface area contributed by atoms with E-state index in [0.717, 1.165) is 21.2 Å². The number of hydrogen-bond acceptors (Lipinski definition) is 5. The second-order valence-electron chi connectivity index (χ2n) is 7.38. The van der Waals surface area contributed by atoms with E-state index < -0.39 is 10.0 Å². The lowest BCUT2D eigenvalue weighted by atomic mass is 10.2. The van der Waals surface area contributed by atoms with Gasteiger partial charge in [0.1, 0.15) is 17.2 Å². The molecular weight excluding hydrogens is 428 g/mol. The molecule has 0 aliphatic heterocycles. The minimum atomic E-state index is -3.47. The zero-order chi connectivity index (χ0) is 23.1. The third-order valence-corrected chi connectivity index (χ3v) is 6.47. The fourth-order valence-corrected chi connectivity index (χ4v) is 3.64. The van der Waals surface area contributed by atoms with Crippen LogP contribution in [-0.4, -0.2) is 39.3 Å². The van der Waals surface area contributed by atoms with Gasteiger partial charge in [0.25, 0.3) is 5.91 Å². The smallest absolute Gasteiger partial charge is 0.258 e. The van der Waals surface area contributed by atoms with Gasteiger partial charge >= 0.3 is 0 Å². The van der Waals surface area contributed by atoms with Crippen molar-refractivity contribution in [2.24, 2.45) is 0 Å². The molecular formula is C24H26N2O5S. The number of ether oxygens (including phenoxy) is 2. The highest BCUT2D eigenvalue weighted by Crippen LogP contribution is 2.24. The maximum atomic E-state index is 12.1. The van der Waals surface area contributed by atoms with Crippen molar-refractivity contribution in [3.05, 3.63) is 83.9 Å². The van der Waals surface area contributed by atoms with E-state index in [1.165, 1.54) is 26.2 Å². The zero-order valence-electron chi connectivity index (χ0n) is 18.2. The van der Waals surface area contributed by atoms with E-state index >= 15 is 0 Å². The lowest BCUT2D eigenvalue weighted by molar-refractivity contribution is -0.123. The van der Waals surface area contributed by atoms with Crippen molar-refractivity contribution in [1.29, 1.82) is 0 Å². The second kappa shape index (κ2) is 10.3. The summed E-state index contributed by atoms with van der Waals surface area (Å²) < 4.78 is 36.6. The van der Waals surface area contributed by atoms with E-state index in [2.05, 4.69) is 5.32 Å². The SMILES string of the molecule is Cc1ccc(Oc2ccc(OCC(=O)NCc3ccc(S(=O)(=O)N(C)C)cc3)cc2)cc1. The van der Waals surface area contributed by atoms with Crippen molar-refractivity contribution in [1.82, 2.24) is 9.62 Å². The molecule has 1 N–H and O–H groups in total.